The minimum atomic E-state index is -0.880. The van der Waals surface area contributed by atoms with Gasteiger partial charge in [-0.1, -0.05) is 87.6 Å². The summed E-state index contributed by atoms with van der Waals surface area (Å²) in [5, 5.41) is 11.5. The van der Waals surface area contributed by atoms with Gasteiger partial charge in [-0.15, -0.1) is 0 Å². The van der Waals surface area contributed by atoms with Crippen molar-refractivity contribution in [3.05, 3.63) is 83.5 Å². The fourth-order valence-corrected chi connectivity index (χ4v) is 8.98. The molecule has 1 aromatic carbocycles. The summed E-state index contributed by atoms with van der Waals surface area (Å²) >= 11 is 7.07. The Kier molecular flexibility index (Phi) is 14.3. The highest BCUT2D eigenvalue weighted by atomic mass is 32.2. The molecule has 2 unspecified atom stereocenters. The minimum Gasteiger partial charge on any atom is -0.507 e. The summed E-state index contributed by atoms with van der Waals surface area (Å²) in [5.41, 5.74) is 5.04. The molecule has 0 aliphatic heterocycles. The number of aryl methyl sites for hydroxylation is 1. The second-order valence-corrected chi connectivity index (χ2v) is 15.5. The first-order valence-corrected chi connectivity index (χ1v) is 19.3. The lowest BCUT2D eigenvalue weighted by Crippen LogP contribution is -2.54. The first-order chi connectivity index (χ1) is 24.3. The fraction of sp³-hybridized carbons (Fsp3) is 0.512. The predicted molar refractivity (Wildman–Crippen MR) is 206 cm³/mol. The van der Waals surface area contributed by atoms with Gasteiger partial charge in [0.25, 0.3) is 0 Å². The highest BCUT2D eigenvalue weighted by Gasteiger charge is 2.62. The lowest BCUT2D eigenvalue weighted by Gasteiger charge is -2.44. The molecule has 0 heterocycles. The monoisotopic (exact) mass is 736 g/mol. The van der Waals surface area contributed by atoms with E-state index in [4.69, 9.17) is 31.2 Å². The van der Waals surface area contributed by atoms with Gasteiger partial charge in [0.05, 0.1) is 11.8 Å². The number of esters is 1. The van der Waals surface area contributed by atoms with Crippen molar-refractivity contribution in [3.63, 3.8) is 0 Å². The third kappa shape index (κ3) is 9.24. The van der Waals surface area contributed by atoms with Gasteiger partial charge < -0.3 is 24.1 Å². The smallest absolute Gasteiger partial charge is 0.507 e. The zero-order valence-electron chi connectivity index (χ0n) is 30.5. The van der Waals surface area contributed by atoms with Gasteiger partial charge in [0.1, 0.15) is 36.6 Å². The SMILES string of the molecule is C=CCOC(=O)O[C@H](C)[C@H]1C(=O)C2C(C(=O)OCC=C)=C(CSC(=S)Oc3cc(CCCCC)cc(O)c3[C@@H]3C=C(C)CC[C@H]3C(=C)C)[C@H](C)C21. The molecule has 276 valence electrons. The molecule has 3 aliphatic rings. The number of rotatable bonds is 16. The molecule has 4 rings (SSSR count). The van der Waals surface area contributed by atoms with Gasteiger partial charge in [0, 0.05) is 22.8 Å². The van der Waals surface area contributed by atoms with E-state index in [2.05, 4.69) is 39.7 Å². The van der Waals surface area contributed by atoms with Crippen molar-refractivity contribution < 1.29 is 38.4 Å². The Morgan fingerprint density at radius 1 is 1.16 bits per heavy atom. The summed E-state index contributed by atoms with van der Waals surface area (Å²) in [6.07, 6.45) is 9.33. The van der Waals surface area contributed by atoms with Gasteiger partial charge in [0.15, 0.2) is 0 Å². The molecule has 0 radical (unpaired) electrons. The average Bonchev–Trinajstić information content (AvgIpc) is 3.32. The quantitative estimate of drug-likeness (QED) is 0.0763. The Bertz CT molecular complexity index is 1610. The molecule has 1 fully saturated rings. The molecule has 0 aromatic heterocycles. The number of aromatic hydroxyl groups is 1. The third-order valence-electron chi connectivity index (χ3n) is 10.4. The second kappa shape index (κ2) is 18.2. The van der Waals surface area contributed by atoms with Gasteiger partial charge in [-0.3, -0.25) is 4.79 Å². The Morgan fingerprint density at radius 3 is 2.53 bits per heavy atom. The Labute approximate surface area is 312 Å². The number of thioether (sulfide) groups is 1. The van der Waals surface area contributed by atoms with Crippen LogP contribution in [-0.2, 0) is 30.2 Å². The number of carbonyl (C=O) groups is 3. The number of phenols is 1. The number of ether oxygens (including phenoxy) is 4. The summed E-state index contributed by atoms with van der Waals surface area (Å²) in [7, 11) is 0. The zero-order valence-corrected chi connectivity index (χ0v) is 32.2. The number of benzene rings is 1. The zero-order chi connectivity index (χ0) is 37.4. The number of thiocarbonyl (C=S) groups is 1. The number of hydrogen-bond donors (Lipinski definition) is 1. The highest BCUT2D eigenvalue weighted by molar-refractivity contribution is 8.22. The Hall–Kier alpha value is -3.63. The van der Waals surface area contributed by atoms with E-state index in [0.29, 0.717) is 16.9 Å². The van der Waals surface area contributed by atoms with Crippen LogP contribution in [-0.4, -0.2) is 52.5 Å². The van der Waals surface area contributed by atoms with Gasteiger partial charge in [-0.25, -0.2) is 9.59 Å². The molecule has 0 amide bonds. The van der Waals surface area contributed by atoms with Crippen LogP contribution < -0.4 is 4.74 Å². The number of Topliss-reactive ketones (excluding diaryl/α,β-unsaturated/α-hetero) is 1. The van der Waals surface area contributed by atoms with Gasteiger partial charge in [0.2, 0.25) is 4.38 Å². The number of allylic oxidation sites excluding steroid dienone is 3. The van der Waals surface area contributed by atoms with Crippen molar-refractivity contribution >= 4 is 46.3 Å². The maximum absolute atomic E-state index is 13.6. The van der Waals surface area contributed by atoms with E-state index >= 15 is 0 Å². The molecule has 1 saturated carbocycles. The fourth-order valence-electron chi connectivity index (χ4n) is 7.87. The summed E-state index contributed by atoms with van der Waals surface area (Å²) in [4.78, 5) is 39.2. The normalized spacial score (nSPS) is 24.4. The first kappa shape index (κ1) is 40.1. The van der Waals surface area contributed by atoms with Gasteiger partial charge >= 0.3 is 12.1 Å². The third-order valence-corrected chi connectivity index (χ3v) is 11.6. The number of hydrogen-bond acceptors (Lipinski definition) is 10. The van der Waals surface area contributed by atoms with Crippen LogP contribution in [0.5, 0.6) is 11.5 Å². The Balaban J connectivity index is 1.60. The van der Waals surface area contributed by atoms with Crippen molar-refractivity contribution in [2.75, 3.05) is 19.0 Å². The van der Waals surface area contributed by atoms with Crippen LogP contribution in [0.4, 0.5) is 4.79 Å². The number of phenolic OH excluding ortho intramolecular Hbond substituents is 1. The molecule has 3 aliphatic carbocycles. The van der Waals surface area contributed by atoms with E-state index < -0.39 is 30.1 Å². The van der Waals surface area contributed by atoms with E-state index in [0.717, 1.165) is 55.2 Å². The van der Waals surface area contributed by atoms with E-state index in [-0.39, 0.29) is 58.6 Å². The van der Waals surface area contributed by atoms with Crippen LogP contribution in [0.1, 0.15) is 83.8 Å². The first-order valence-electron chi connectivity index (χ1n) is 17.9. The molecule has 0 spiro atoms. The maximum atomic E-state index is 13.6. The molecule has 51 heavy (non-hydrogen) atoms. The number of ketones is 1. The molecule has 0 saturated heterocycles. The molecule has 1 N–H and O–H groups in total. The lowest BCUT2D eigenvalue weighted by atomic mass is 9.59. The van der Waals surface area contributed by atoms with Crippen molar-refractivity contribution in [1.29, 1.82) is 0 Å². The molecule has 1 aromatic rings. The largest absolute Gasteiger partial charge is 0.508 e. The van der Waals surface area contributed by atoms with Crippen molar-refractivity contribution in [1.82, 2.24) is 0 Å². The van der Waals surface area contributed by atoms with Crippen molar-refractivity contribution in [3.8, 4) is 11.5 Å². The van der Waals surface area contributed by atoms with Crippen LogP contribution in [0.15, 0.2) is 72.4 Å². The maximum Gasteiger partial charge on any atom is 0.508 e. The molecule has 10 heteroatoms. The van der Waals surface area contributed by atoms with Crippen molar-refractivity contribution in [2.45, 2.75) is 85.2 Å². The summed E-state index contributed by atoms with van der Waals surface area (Å²) in [5.74, 6) is -1.50. The second-order valence-electron chi connectivity index (χ2n) is 13.9. The van der Waals surface area contributed by atoms with E-state index in [1.165, 1.54) is 29.5 Å². The van der Waals surface area contributed by atoms with E-state index in [1.54, 1.807) is 6.92 Å². The van der Waals surface area contributed by atoms with Crippen LogP contribution in [0.3, 0.4) is 0 Å². The summed E-state index contributed by atoms with van der Waals surface area (Å²) in [6.45, 7) is 21.4. The molecule has 7 atom stereocenters. The Morgan fingerprint density at radius 2 is 1.86 bits per heavy atom. The number of carbonyl (C=O) groups excluding carboxylic acids is 3. The van der Waals surface area contributed by atoms with Crippen LogP contribution in [0.2, 0.25) is 0 Å². The lowest BCUT2D eigenvalue weighted by molar-refractivity contribution is -0.153. The molecular formula is C41H52O8S2. The van der Waals surface area contributed by atoms with Crippen LogP contribution >= 0.6 is 24.0 Å². The number of fused-ring (bicyclic) bond motifs is 1. The van der Waals surface area contributed by atoms with Crippen LogP contribution in [0, 0.1) is 29.6 Å². The van der Waals surface area contributed by atoms with E-state index in [1.807, 2.05) is 26.0 Å². The van der Waals surface area contributed by atoms with Crippen molar-refractivity contribution in [2.24, 2.45) is 29.6 Å². The molecular weight excluding hydrogens is 685 g/mol. The van der Waals surface area contributed by atoms with E-state index in [9.17, 15) is 19.5 Å². The van der Waals surface area contributed by atoms with Crippen LogP contribution in [0.25, 0.3) is 0 Å². The predicted octanol–water partition coefficient (Wildman–Crippen LogP) is 9.37. The van der Waals surface area contributed by atoms with Gasteiger partial charge in [-0.2, -0.15) is 0 Å². The average molecular weight is 737 g/mol. The molecule has 0 bridgehead atoms. The minimum absolute atomic E-state index is 0.00343. The summed E-state index contributed by atoms with van der Waals surface area (Å²) < 4.78 is 22.5. The van der Waals surface area contributed by atoms with Gasteiger partial charge in [-0.05, 0) is 99.7 Å². The summed E-state index contributed by atoms with van der Waals surface area (Å²) in [6, 6.07) is 3.84. The molecule has 8 nitrogen and oxygen atoms in total. The standard InChI is InChI=1S/C41H52O8S2/c1-9-12-13-14-27-20-31(42)35(29-19-24(6)15-16-28(29)23(4)5)32(21-27)49-41(50)51-22-30-25(7)33-34(26(8)48-40(45)47-18-11-3)38(43)37(33)36(30)39(44)46-17-10-2/h10-11,19-21,25-26,28-29,33-34,37,42H,2-4,9,12-18,22H2,1,5-8H3/t25-,26+,28-,29+,33?,34+,37?/m0/s1. The highest BCUT2D eigenvalue weighted by Crippen LogP contribution is 2.57. The topological polar surface area (TPSA) is 108 Å². The number of unbranched alkanes of at least 4 members (excludes halogenated alkanes) is 2.